The molecule has 0 bridgehead atoms. The molecule has 108 valence electrons. The SMILES string of the molecule is Cc1cc(CC(C)N)cc(C)c1OCCOC(C)C. The van der Waals surface area contributed by atoms with Crippen LogP contribution in [-0.2, 0) is 11.2 Å². The lowest BCUT2D eigenvalue weighted by Gasteiger charge is -2.15. The van der Waals surface area contributed by atoms with Crippen LogP contribution in [0.25, 0.3) is 0 Å². The molecule has 0 spiro atoms. The maximum Gasteiger partial charge on any atom is 0.125 e. The van der Waals surface area contributed by atoms with Crippen LogP contribution >= 0.6 is 0 Å². The predicted molar refractivity (Wildman–Crippen MR) is 79.9 cm³/mol. The van der Waals surface area contributed by atoms with Crippen LogP contribution < -0.4 is 10.5 Å². The summed E-state index contributed by atoms with van der Waals surface area (Å²) in [7, 11) is 0. The summed E-state index contributed by atoms with van der Waals surface area (Å²) < 4.78 is 11.3. The van der Waals surface area contributed by atoms with E-state index in [-0.39, 0.29) is 12.1 Å². The molecule has 0 aliphatic carbocycles. The molecule has 1 unspecified atom stereocenters. The van der Waals surface area contributed by atoms with Crippen molar-refractivity contribution >= 4 is 0 Å². The van der Waals surface area contributed by atoms with Crippen molar-refractivity contribution < 1.29 is 9.47 Å². The van der Waals surface area contributed by atoms with Gasteiger partial charge in [-0.15, -0.1) is 0 Å². The molecule has 0 saturated carbocycles. The Balaban J connectivity index is 2.63. The number of rotatable bonds is 7. The Labute approximate surface area is 117 Å². The van der Waals surface area contributed by atoms with E-state index in [1.807, 2.05) is 20.8 Å². The first-order valence-corrected chi connectivity index (χ1v) is 7.00. The van der Waals surface area contributed by atoms with Gasteiger partial charge in [0.2, 0.25) is 0 Å². The molecule has 0 aromatic heterocycles. The second kappa shape index (κ2) is 7.51. The van der Waals surface area contributed by atoms with Crippen molar-refractivity contribution in [1.29, 1.82) is 0 Å². The first kappa shape index (κ1) is 16.0. The van der Waals surface area contributed by atoms with Crippen LogP contribution in [0.2, 0.25) is 0 Å². The van der Waals surface area contributed by atoms with Gasteiger partial charge in [-0.3, -0.25) is 0 Å². The minimum absolute atomic E-state index is 0.185. The Morgan fingerprint density at radius 2 is 1.63 bits per heavy atom. The number of hydrogen-bond acceptors (Lipinski definition) is 3. The largest absolute Gasteiger partial charge is 0.491 e. The molecule has 3 heteroatoms. The monoisotopic (exact) mass is 265 g/mol. The third-order valence-electron chi connectivity index (χ3n) is 2.86. The molecule has 3 nitrogen and oxygen atoms in total. The van der Waals surface area contributed by atoms with E-state index in [2.05, 4.69) is 26.0 Å². The van der Waals surface area contributed by atoms with Gasteiger partial charge in [-0.25, -0.2) is 0 Å². The van der Waals surface area contributed by atoms with E-state index in [9.17, 15) is 0 Å². The topological polar surface area (TPSA) is 44.5 Å². The van der Waals surface area contributed by atoms with Gasteiger partial charge >= 0.3 is 0 Å². The van der Waals surface area contributed by atoms with Crippen molar-refractivity contribution in [3.8, 4) is 5.75 Å². The van der Waals surface area contributed by atoms with E-state index in [0.29, 0.717) is 13.2 Å². The molecule has 19 heavy (non-hydrogen) atoms. The summed E-state index contributed by atoms with van der Waals surface area (Å²) in [6.45, 7) is 11.5. The van der Waals surface area contributed by atoms with Crippen molar-refractivity contribution in [3.05, 3.63) is 28.8 Å². The number of hydrogen-bond donors (Lipinski definition) is 1. The molecule has 2 N–H and O–H groups in total. The van der Waals surface area contributed by atoms with E-state index in [1.54, 1.807) is 0 Å². The molecule has 0 radical (unpaired) electrons. The molecule has 0 aliphatic rings. The maximum absolute atomic E-state index is 5.84. The van der Waals surface area contributed by atoms with Crippen LogP contribution in [0.4, 0.5) is 0 Å². The molecule has 1 atom stereocenters. The van der Waals surface area contributed by atoms with Gasteiger partial charge in [0, 0.05) is 6.04 Å². The zero-order valence-corrected chi connectivity index (χ0v) is 12.8. The van der Waals surface area contributed by atoms with Gasteiger partial charge in [-0.05, 0) is 57.7 Å². The van der Waals surface area contributed by atoms with Crippen molar-refractivity contribution in [1.82, 2.24) is 0 Å². The summed E-state index contributed by atoms with van der Waals surface area (Å²) in [5.74, 6) is 0.973. The summed E-state index contributed by atoms with van der Waals surface area (Å²) in [4.78, 5) is 0. The van der Waals surface area contributed by atoms with Gasteiger partial charge in [0.25, 0.3) is 0 Å². The van der Waals surface area contributed by atoms with Gasteiger partial charge in [-0.2, -0.15) is 0 Å². The van der Waals surface area contributed by atoms with Gasteiger partial charge in [0.15, 0.2) is 0 Å². The number of nitrogens with two attached hydrogens (primary N) is 1. The van der Waals surface area contributed by atoms with Gasteiger partial charge in [0.1, 0.15) is 12.4 Å². The average molecular weight is 265 g/mol. The first-order valence-electron chi connectivity index (χ1n) is 7.00. The number of benzene rings is 1. The molecule has 0 heterocycles. The zero-order chi connectivity index (χ0) is 14.4. The van der Waals surface area contributed by atoms with E-state index in [4.69, 9.17) is 15.2 Å². The molecular weight excluding hydrogens is 238 g/mol. The summed E-state index contributed by atoms with van der Waals surface area (Å²) in [6.07, 6.45) is 1.15. The predicted octanol–water partition coefficient (Wildman–Crippen LogP) is 3.00. The van der Waals surface area contributed by atoms with Gasteiger partial charge in [0.05, 0.1) is 12.7 Å². The second-order valence-corrected chi connectivity index (χ2v) is 5.51. The highest BCUT2D eigenvalue weighted by molar-refractivity contribution is 5.43. The minimum Gasteiger partial charge on any atom is -0.491 e. The molecule has 1 aromatic rings. The Morgan fingerprint density at radius 3 is 2.11 bits per heavy atom. The smallest absolute Gasteiger partial charge is 0.125 e. The Kier molecular flexibility index (Phi) is 6.32. The van der Waals surface area contributed by atoms with E-state index in [1.165, 1.54) is 16.7 Å². The quantitative estimate of drug-likeness (QED) is 0.771. The summed E-state index contributed by atoms with van der Waals surface area (Å²) in [6, 6.07) is 4.51. The molecule has 1 rings (SSSR count). The molecule has 0 fully saturated rings. The van der Waals surface area contributed by atoms with E-state index >= 15 is 0 Å². The standard InChI is InChI=1S/C16H27NO2/c1-11(2)18-6-7-19-16-12(3)8-15(9-13(16)4)10-14(5)17/h8-9,11,14H,6-7,10,17H2,1-5H3. The summed E-state index contributed by atoms with van der Waals surface area (Å²) in [5.41, 5.74) is 9.45. The fraction of sp³-hybridized carbons (Fsp3) is 0.625. The zero-order valence-electron chi connectivity index (χ0n) is 12.8. The van der Waals surface area contributed by atoms with Crippen LogP contribution in [0.1, 0.15) is 37.5 Å². The lowest BCUT2D eigenvalue weighted by Crippen LogP contribution is -2.18. The lowest BCUT2D eigenvalue weighted by atomic mass is 10.0. The fourth-order valence-electron chi connectivity index (χ4n) is 2.18. The lowest BCUT2D eigenvalue weighted by molar-refractivity contribution is 0.0550. The molecule has 0 saturated heterocycles. The van der Waals surface area contributed by atoms with Crippen LogP contribution in [0.5, 0.6) is 5.75 Å². The van der Waals surface area contributed by atoms with Crippen molar-refractivity contribution in [2.45, 2.75) is 53.2 Å². The average Bonchev–Trinajstić information content (AvgIpc) is 2.25. The highest BCUT2D eigenvalue weighted by atomic mass is 16.5. The van der Waals surface area contributed by atoms with Crippen LogP contribution in [0.15, 0.2) is 12.1 Å². The highest BCUT2D eigenvalue weighted by Crippen LogP contribution is 2.25. The molecule has 1 aromatic carbocycles. The Bertz CT molecular complexity index is 377. The van der Waals surface area contributed by atoms with Crippen LogP contribution in [0.3, 0.4) is 0 Å². The Hall–Kier alpha value is -1.06. The molecular formula is C16H27NO2. The van der Waals surface area contributed by atoms with Crippen molar-refractivity contribution in [2.75, 3.05) is 13.2 Å². The normalized spacial score (nSPS) is 12.8. The number of ether oxygens (including phenoxy) is 2. The van der Waals surface area contributed by atoms with Gasteiger partial charge in [-0.1, -0.05) is 12.1 Å². The third kappa shape index (κ3) is 5.62. The third-order valence-corrected chi connectivity index (χ3v) is 2.86. The fourth-order valence-corrected chi connectivity index (χ4v) is 2.18. The minimum atomic E-state index is 0.185. The summed E-state index contributed by atoms with van der Waals surface area (Å²) >= 11 is 0. The molecule has 0 aliphatic heterocycles. The van der Waals surface area contributed by atoms with Crippen LogP contribution in [-0.4, -0.2) is 25.4 Å². The van der Waals surface area contributed by atoms with Crippen molar-refractivity contribution in [2.24, 2.45) is 5.73 Å². The summed E-state index contributed by atoms with van der Waals surface area (Å²) in [5, 5.41) is 0. The first-order chi connectivity index (χ1) is 8.90. The molecule has 0 amide bonds. The maximum atomic E-state index is 5.84. The second-order valence-electron chi connectivity index (χ2n) is 5.51. The van der Waals surface area contributed by atoms with Crippen LogP contribution in [0, 0.1) is 13.8 Å². The van der Waals surface area contributed by atoms with Crippen molar-refractivity contribution in [3.63, 3.8) is 0 Å². The Morgan fingerprint density at radius 1 is 1.05 bits per heavy atom. The van der Waals surface area contributed by atoms with Gasteiger partial charge < -0.3 is 15.2 Å². The van der Waals surface area contributed by atoms with E-state index < -0.39 is 0 Å². The number of aryl methyl sites for hydroxylation is 2. The van der Waals surface area contributed by atoms with E-state index in [0.717, 1.165) is 12.2 Å². The highest BCUT2D eigenvalue weighted by Gasteiger charge is 2.08.